The lowest BCUT2D eigenvalue weighted by Gasteiger charge is -2.48. The zero-order chi connectivity index (χ0) is 14.7. The number of fused-ring (bicyclic) bond motifs is 3. The monoisotopic (exact) mass is 270 g/mol. The van der Waals surface area contributed by atoms with Crippen LogP contribution in [0.2, 0.25) is 0 Å². The van der Waals surface area contributed by atoms with Gasteiger partial charge in [-0.15, -0.1) is 0 Å². The molecular weight excluding hydrogens is 248 g/mol. The Morgan fingerprint density at radius 2 is 1.85 bits per heavy atom. The molecule has 0 bridgehead atoms. The van der Waals surface area contributed by atoms with E-state index >= 15 is 0 Å². The van der Waals surface area contributed by atoms with Crippen LogP contribution in [0.1, 0.15) is 61.5 Å². The molecule has 3 rings (SSSR count). The topological polar surface area (TPSA) is 37.3 Å². The zero-order valence-electron chi connectivity index (χ0n) is 12.7. The van der Waals surface area contributed by atoms with E-state index in [4.69, 9.17) is 0 Å². The minimum absolute atomic E-state index is 0.0564. The number of carbonyl (C=O) groups is 1. The van der Waals surface area contributed by atoms with Crippen LogP contribution in [-0.4, -0.2) is 10.9 Å². The quantitative estimate of drug-likeness (QED) is 0.763. The number of phenolic OH excluding ortho intramolecular Hbond substituents is 1. The molecule has 1 unspecified atom stereocenters. The lowest BCUT2D eigenvalue weighted by Crippen LogP contribution is -2.41. The normalized spacial score (nSPS) is 27.6. The Labute approximate surface area is 120 Å². The highest BCUT2D eigenvalue weighted by Gasteiger charge is 2.46. The number of hydrogen-bond acceptors (Lipinski definition) is 2. The highest BCUT2D eigenvalue weighted by atomic mass is 16.3. The van der Waals surface area contributed by atoms with Gasteiger partial charge in [0.2, 0.25) is 0 Å². The summed E-state index contributed by atoms with van der Waals surface area (Å²) in [6, 6.07) is 3.66. The van der Waals surface area contributed by atoms with Crippen LogP contribution in [0.5, 0.6) is 5.75 Å². The molecule has 1 saturated carbocycles. The molecule has 2 aliphatic carbocycles. The van der Waals surface area contributed by atoms with Crippen molar-refractivity contribution in [2.24, 2.45) is 5.41 Å². The Morgan fingerprint density at radius 1 is 1.15 bits per heavy atom. The number of hydrogen-bond donors (Lipinski definition) is 1. The Bertz CT molecular complexity index is 637. The molecule has 1 fully saturated rings. The number of allylic oxidation sites excluding steroid dienone is 2. The molecule has 0 aliphatic heterocycles. The van der Waals surface area contributed by atoms with Crippen molar-refractivity contribution in [3.8, 4) is 5.75 Å². The molecule has 0 spiro atoms. The molecule has 20 heavy (non-hydrogen) atoms. The SMILES string of the molecule is Cc1cc2c(cc1O)C1(C)CCCC(C)(C)C1=CC2=O. The Morgan fingerprint density at radius 3 is 2.55 bits per heavy atom. The van der Waals surface area contributed by atoms with Gasteiger partial charge in [-0.25, -0.2) is 0 Å². The number of ketones is 1. The Kier molecular flexibility index (Phi) is 2.66. The molecule has 0 radical (unpaired) electrons. The van der Waals surface area contributed by atoms with E-state index < -0.39 is 0 Å². The average Bonchev–Trinajstić information content (AvgIpc) is 2.35. The first-order chi connectivity index (χ1) is 9.25. The van der Waals surface area contributed by atoms with Crippen molar-refractivity contribution in [3.63, 3.8) is 0 Å². The molecule has 0 aromatic heterocycles. The number of rotatable bonds is 0. The highest BCUT2D eigenvalue weighted by Crippen LogP contribution is 2.55. The van der Waals surface area contributed by atoms with Crippen molar-refractivity contribution in [2.75, 3.05) is 0 Å². The van der Waals surface area contributed by atoms with Crippen LogP contribution in [0.25, 0.3) is 0 Å². The number of phenols is 1. The smallest absolute Gasteiger partial charge is 0.186 e. The maximum absolute atomic E-state index is 12.5. The van der Waals surface area contributed by atoms with E-state index in [0.717, 1.165) is 36.0 Å². The van der Waals surface area contributed by atoms with Crippen LogP contribution < -0.4 is 0 Å². The fourth-order valence-corrected chi connectivity index (χ4v) is 4.10. The van der Waals surface area contributed by atoms with Gasteiger partial charge in [0.25, 0.3) is 0 Å². The molecular formula is C18H22O2. The van der Waals surface area contributed by atoms with Crippen LogP contribution >= 0.6 is 0 Å². The number of carbonyl (C=O) groups excluding carboxylic acids is 1. The molecule has 106 valence electrons. The summed E-state index contributed by atoms with van der Waals surface area (Å²) in [5, 5.41) is 10.1. The van der Waals surface area contributed by atoms with E-state index in [1.165, 1.54) is 5.57 Å². The first-order valence-electron chi connectivity index (χ1n) is 7.37. The van der Waals surface area contributed by atoms with E-state index in [0.29, 0.717) is 5.75 Å². The van der Waals surface area contributed by atoms with Crippen molar-refractivity contribution in [1.82, 2.24) is 0 Å². The second-order valence-electron chi connectivity index (χ2n) is 7.18. The van der Waals surface area contributed by atoms with Gasteiger partial charge in [0.1, 0.15) is 5.75 Å². The number of aromatic hydroxyl groups is 1. The fourth-order valence-electron chi connectivity index (χ4n) is 4.10. The Hall–Kier alpha value is -1.57. The van der Waals surface area contributed by atoms with Crippen LogP contribution in [0, 0.1) is 12.3 Å². The molecule has 0 amide bonds. The van der Waals surface area contributed by atoms with E-state index in [1.807, 2.05) is 25.1 Å². The molecule has 1 N–H and O–H groups in total. The second kappa shape index (κ2) is 3.97. The molecule has 2 nitrogen and oxygen atoms in total. The van der Waals surface area contributed by atoms with Gasteiger partial charge < -0.3 is 5.11 Å². The highest BCUT2D eigenvalue weighted by molar-refractivity contribution is 6.08. The van der Waals surface area contributed by atoms with Crippen molar-refractivity contribution in [1.29, 1.82) is 0 Å². The van der Waals surface area contributed by atoms with Gasteiger partial charge in [-0.2, -0.15) is 0 Å². The third-order valence-corrected chi connectivity index (χ3v) is 5.27. The van der Waals surface area contributed by atoms with Gasteiger partial charge >= 0.3 is 0 Å². The number of benzene rings is 1. The third kappa shape index (κ3) is 1.67. The summed E-state index contributed by atoms with van der Waals surface area (Å²) in [5.74, 6) is 0.382. The summed E-state index contributed by atoms with van der Waals surface area (Å²) in [7, 11) is 0. The first kappa shape index (κ1) is 13.4. The van der Waals surface area contributed by atoms with Gasteiger partial charge in [-0.3, -0.25) is 4.79 Å². The van der Waals surface area contributed by atoms with Gasteiger partial charge in [0, 0.05) is 11.0 Å². The van der Waals surface area contributed by atoms with Crippen molar-refractivity contribution < 1.29 is 9.90 Å². The minimum atomic E-state index is -0.115. The largest absolute Gasteiger partial charge is 0.508 e. The van der Waals surface area contributed by atoms with E-state index in [-0.39, 0.29) is 16.6 Å². The minimum Gasteiger partial charge on any atom is -0.508 e. The molecule has 2 aliphatic rings. The van der Waals surface area contributed by atoms with E-state index in [1.54, 1.807) is 0 Å². The summed E-state index contributed by atoms with van der Waals surface area (Å²) in [4.78, 5) is 12.5. The first-order valence-corrected chi connectivity index (χ1v) is 7.37. The average molecular weight is 270 g/mol. The van der Waals surface area contributed by atoms with E-state index in [2.05, 4.69) is 20.8 Å². The number of aryl methyl sites for hydroxylation is 1. The van der Waals surface area contributed by atoms with Crippen molar-refractivity contribution in [3.05, 3.63) is 40.5 Å². The summed E-state index contributed by atoms with van der Waals surface area (Å²) < 4.78 is 0. The lowest BCUT2D eigenvalue weighted by molar-refractivity contribution is 0.103. The summed E-state index contributed by atoms with van der Waals surface area (Å²) in [6.07, 6.45) is 5.18. The predicted octanol–water partition coefficient (Wildman–Crippen LogP) is 4.29. The molecule has 0 saturated heterocycles. The lowest BCUT2D eigenvalue weighted by atomic mass is 9.55. The molecule has 2 heteroatoms. The molecule has 1 atom stereocenters. The van der Waals surface area contributed by atoms with Gasteiger partial charge in [-0.05, 0) is 54.5 Å². The van der Waals surface area contributed by atoms with Crippen LogP contribution in [-0.2, 0) is 5.41 Å². The van der Waals surface area contributed by atoms with Gasteiger partial charge in [0.05, 0.1) is 0 Å². The van der Waals surface area contributed by atoms with E-state index in [9.17, 15) is 9.90 Å². The molecule has 1 aromatic carbocycles. The maximum atomic E-state index is 12.5. The van der Waals surface area contributed by atoms with Crippen molar-refractivity contribution in [2.45, 2.75) is 52.4 Å². The zero-order valence-corrected chi connectivity index (χ0v) is 12.7. The summed E-state index contributed by atoms with van der Waals surface area (Å²) >= 11 is 0. The van der Waals surface area contributed by atoms with Crippen LogP contribution in [0.3, 0.4) is 0 Å². The second-order valence-corrected chi connectivity index (χ2v) is 7.18. The van der Waals surface area contributed by atoms with Crippen LogP contribution in [0.15, 0.2) is 23.8 Å². The molecule has 0 heterocycles. The fraction of sp³-hybridized carbons (Fsp3) is 0.500. The standard InChI is InChI=1S/C18H22O2/c1-11-8-12-13(9-14(11)19)18(4)7-5-6-17(2,3)16(18)10-15(12)20/h8-10,19H,5-7H2,1-4H3. The van der Waals surface area contributed by atoms with Gasteiger partial charge in [-0.1, -0.05) is 32.8 Å². The predicted molar refractivity (Wildman–Crippen MR) is 80.2 cm³/mol. The third-order valence-electron chi connectivity index (χ3n) is 5.27. The van der Waals surface area contributed by atoms with Crippen molar-refractivity contribution >= 4 is 5.78 Å². The molecule has 1 aromatic rings. The van der Waals surface area contributed by atoms with Gasteiger partial charge in [0.15, 0.2) is 5.78 Å². The summed E-state index contributed by atoms with van der Waals surface area (Å²) in [5.41, 5.74) is 3.72. The van der Waals surface area contributed by atoms with Crippen LogP contribution in [0.4, 0.5) is 0 Å². The Balaban J connectivity index is 2.28. The maximum Gasteiger partial charge on any atom is 0.186 e. The summed E-state index contributed by atoms with van der Waals surface area (Å²) in [6.45, 7) is 8.51.